The first-order valence-electron chi connectivity index (χ1n) is 9.11. The van der Waals surface area contributed by atoms with Crippen molar-refractivity contribution in [3.63, 3.8) is 0 Å². The van der Waals surface area contributed by atoms with E-state index in [4.69, 9.17) is 4.74 Å². The van der Waals surface area contributed by atoms with Crippen LogP contribution in [0.3, 0.4) is 0 Å². The molecule has 4 atom stereocenters. The van der Waals surface area contributed by atoms with Crippen LogP contribution in [0.2, 0.25) is 0 Å². The molecular formula is C19H29ClN2O3. The van der Waals surface area contributed by atoms with E-state index in [-0.39, 0.29) is 36.4 Å². The van der Waals surface area contributed by atoms with Crippen LogP contribution in [0.15, 0.2) is 24.3 Å². The van der Waals surface area contributed by atoms with E-state index < -0.39 is 0 Å². The molecule has 1 aliphatic carbocycles. The van der Waals surface area contributed by atoms with Crippen molar-refractivity contribution in [2.75, 3.05) is 11.9 Å². The van der Waals surface area contributed by atoms with E-state index in [9.17, 15) is 9.90 Å². The molecule has 3 rings (SSSR count). The third-order valence-electron chi connectivity index (χ3n) is 5.07. The number of hydrogen-bond acceptors (Lipinski definition) is 4. The van der Waals surface area contributed by atoms with Gasteiger partial charge < -0.3 is 20.5 Å². The number of hydrogen-bond donors (Lipinski definition) is 3. The highest BCUT2D eigenvalue weighted by atomic mass is 35.5. The fraction of sp³-hybridized carbons (Fsp3) is 0.632. The van der Waals surface area contributed by atoms with Gasteiger partial charge in [0.15, 0.2) is 0 Å². The maximum Gasteiger partial charge on any atom is 0.227 e. The van der Waals surface area contributed by atoms with Crippen molar-refractivity contribution in [3.05, 3.63) is 24.3 Å². The van der Waals surface area contributed by atoms with E-state index in [0.29, 0.717) is 6.04 Å². The van der Waals surface area contributed by atoms with Crippen LogP contribution in [-0.2, 0) is 4.79 Å². The van der Waals surface area contributed by atoms with Crippen LogP contribution >= 0.6 is 12.4 Å². The normalized spacial score (nSPS) is 29.4. The van der Waals surface area contributed by atoms with E-state index in [1.54, 1.807) is 0 Å². The number of amides is 1. The Balaban J connectivity index is 0.00000225. The van der Waals surface area contributed by atoms with Crippen LogP contribution in [0, 0.1) is 5.92 Å². The number of rotatable bonds is 4. The maximum atomic E-state index is 12.4. The first kappa shape index (κ1) is 20.0. The summed E-state index contributed by atoms with van der Waals surface area (Å²) in [7, 11) is 0. The number of carbonyl (C=O) groups is 1. The van der Waals surface area contributed by atoms with E-state index in [0.717, 1.165) is 56.5 Å². The molecule has 0 bridgehead atoms. The summed E-state index contributed by atoms with van der Waals surface area (Å²) in [6.45, 7) is 3.01. The highest BCUT2D eigenvalue weighted by Crippen LogP contribution is 2.25. The van der Waals surface area contributed by atoms with Crippen molar-refractivity contribution in [1.29, 1.82) is 0 Å². The average Bonchev–Trinajstić information content (AvgIpc) is 2.58. The lowest BCUT2D eigenvalue weighted by molar-refractivity contribution is -0.120. The number of carbonyl (C=O) groups excluding carboxylic acids is 1. The topological polar surface area (TPSA) is 70.6 Å². The van der Waals surface area contributed by atoms with Gasteiger partial charge in [-0.1, -0.05) is 6.42 Å². The molecule has 0 aromatic heterocycles. The van der Waals surface area contributed by atoms with Gasteiger partial charge in [-0.3, -0.25) is 4.79 Å². The SMILES string of the molecule is C[C@H]1C[C@@H](C(=O)Nc2ccc(OC3CCCCC3O)cc2)CCN1.Cl. The second-order valence-corrected chi connectivity index (χ2v) is 7.10. The molecule has 0 radical (unpaired) electrons. The smallest absolute Gasteiger partial charge is 0.227 e. The zero-order valence-corrected chi connectivity index (χ0v) is 15.6. The molecule has 1 aromatic rings. The summed E-state index contributed by atoms with van der Waals surface area (Å²) in [5.74, 6) is 0.920. The second kappa shape index (κ2) is 9.41. The van der Waals surface area contributed by atoms with Crippen LogP contribution in [0.4, 0.5) is 5.69 Å². The Labute approximate surface area is 155 Å². The first-order valence-corrected chi connectivity index (χ1v) is 9.11. The Bertz CT molecular complexity index is 552. The van der Waals surface area contributed by atoms with Crippen molar-refractivity contribution in [2.45, 2.75) is 63.7 Å². The molecule has 6 heteroatoms. The molecule has 5 nitrogen and oxygen atoms in total. The van der Waals surface area contributed by atoms with Crippen LogP contribution in [0.5, 0.6) is 5.75 Å². The number of anilines is 1. The van der Waals surface area contributed by atoms with E-state index in [1.165, 1.54) is 0 Å². The van der Waals surface area contributed by atoms with Gasteiger partial charge in [-0.2, -0.15) is 0 Å². The molecule has 25 heavy (non-hydrogen) atoms. The van der Waals surface area contributed by atoms with Gasteiger partial charge in [0.1, 0.15) is 11.9 Å². The Morgan fingerprint density at radius 2 is 1.92 bits per heavy atom. The average molecular weight is 369 g/mol. The first-order chi connectivity index (χ1) is 11.6. The third kappa shape index (κ3) is 5.59. The highest BCUT2D eigenvalue weighted by Gasteiger charge is 2.26. The largest absolute Gasteiger partial charge is 0.488 e. The van der Waals surface area contributed by atoms with Crippen LogP contribution in [0.25, 0.3) is 0 Å². The maximum absolute atomic E-state index is 12.4. The van der Waals surface area contributed by atoms with Crippen LogP contribution < -0.4 is 15.4 Å². The Kier molecular flexibility index (Phi) is 7.54. The van der Waals surface area contributed by atoms with Gasteiger partial charge in [-0.25, -0.2) is 0 Å². The number of ether oxygens (including phenoxy) is 1. The Morgan fingerprint density at radius 1 is 1.20 bits per heavy atom. The van der Waals surface area contributed by atoms with Crippen molar-refractivity contribution in [2.24, 2.45) is 5.92 Å². The monoisotopic (exact) mass is 368 g/mol. The summed E-state index contributed by atoms with van der Waals surface area (Å²) in [6.07, 6.45) is 5.16. The zero-order valence-electron chi connectivity index (χ0n) is 14.7. The molecule has 1 amide bonds. The summed E-state index contributed by atoms with van der Waals surface area (Å²) in [4.78, 5) is 12.4. The van der Waals surface area contributed by atoms with Gasteiger partial charge >= 0.3 is 0 Å². The quantitative estimate of drug-likeness (QED) is 0.763. The summed E-state index contributed by atoms with van der Waals surface area (Å²) in [5.41, 5.74) is 0.794. The molecule has 1 aliphatic heterocycles. The number of halogens is 1. The molecule has 1 aromatic carbocycles. The van der Waals surface area contributed by atoms with E-state index in [2.05, 4.69) is 17.6 Å². The fourth-order valence-corrected chi connectivity index (χ4v) is 3.62. The highest BCUT2D eigenvalue weighted by molar-refractivity contribution is 5.92. The Morgan fingerprint density at radius 3 is 2.60 bits per heavy atom. The number of piperidine rings is 1. The van der Waals surface area contributed by atoms with Crippen molar-refractivity contribution in [1.82, 2.24) is 5.32 Å². The summed E-state index contributed by atoms with van der Waals surface area (Å²) in [5, 5.41) is 16.3. The molecular weight excluding hydrogens is 340 g/mol. The number of aliphatic hydroxyl groups is 1. The second-order valence-electron chi connectivity index (χ2n) is 7.10. The van der Waals surface area contributed by atoms with E-state index in [1.807, 2.05) is 24.3 Å². The van der Waals surface area contributed by atoms with Crippen LogP contribution in [0.1, 0.15) is 45.4 Å². The fourth-order valence-electron chi connectivity index (χ4n) is 3.62. The molecule has 2 unspecified atom stereocenters. The molecule has 2 fully saturated rings. The molecule has 1 heterocycles. The lowest BCUT2D eigenvalue weighted by Gasteiger charge is -2.28. The molecule has 0 spiro atoms. The minimum absolute atomic E-state index is 0. The number of benzene rings is 1. The van der Waals surface area contributed by atoms with Gasteiger partial charge in [0, 0.05) is 17.6 Å². The minimum Gasteiger partial charge on any atom is -0.488 e. The molecule has 2 aliphatic rings. The van der Waals surface area contributed by atoms with Gasteiger partial charge in [-0.05, 0) is 69.8 Å². The number of aliphatic hydroxyl groups excluding tert-OH is 1. The van der Waals surface area contributed by atoms with Gasteiger partial charge in [0.25, 0.3) is 0 Å². The van der Waals surface area contributed by atoms with Crippen LogP contribution in [-0.4, -0.2) is 35.8 Å². The summed E-state index contributed by atoms with van der Waals surface area (Å²) in [6, 6.07) is 7.86. The van der Waals surface area contributed by atoms with Gasteiger partial charge in [0.05, 0.1) is 6.10 Å². The van der Waals surface area contributed by atoms with Crippen molar-refractivity contribution >= 4 is 24.0 Å². The van der Waals surface area contributed by atoms with Crippen molar-refractivity contribution in [3.8, 4) is 5.75 Å². The minimum atomic E-state index is -0.375. The lowest BCUT2D eigenvalue weighted by Crippen LogP contribution is -2.40. The molecule has 140 valence electrons. The predicted molar refractivity (Wildman–Crippen MR) is 101 cm³/mol. The third-order valence-corrected chi connectivity index (χ3v) is 5.07. The summed E-state index contributed by atoms with van der Waals surface area (Å²) >= 11 is 0. The standard InChI is InChI=1S/C19H28N2O3.ClH/c1-13-12-14(10-11-20-13)19(23)21-15-6-8-16(9-7-15)24-18-5-3-2-4-17(18)22;/h6-9,13-14,17-18,20,22H,2-5,10-12H2,1H3,(H,21,23);1H/t13-,14-,17?,18?;/m0./s1. The predicted octanol–water partition coefficient (Wildman–Crippen LogP) is 3.12. The van der Waals surface area contributed by atoms with Crippen molar-refractivity contribution < 1.29 is 14.6 Å². The molecule has 1 saturated carbocycles. The van der Waals surface area contributed by atoms with Gasteiger partial charge in [-0.15, -0.1) is 12.4 Å². The lowest BCUT2D eigenvalue weighted by atomic mass is 9.92. The Hall–Kier alpha value is -1.30. The molecule has 3 N–H and O–H groups in total. The van der Waals surface area contributed by atoms with Gasteiger partial charge in [0.2, 0.25) is 5.91 Å². The summed E-state index contributed by atoms with van der Waals surface area (Å²) < 4.78 is 5.89. The zero-order chi connectivity index (χ0) is 16.9. The molecule has 1 saturated heterocycles. The van der Waals surface area contributed by atoms with E-state index >= 15 is 0 Å². The number of nitrogens with one attached hydrogen (secondary N) is 2.